The van der Waals surface area contributed by atoms with Crippen LogP contribution in [0.4, 0.5) is 0 Å². The third-order valence-corrected chi connectivity index (χ3v) is 7.35. The second-order valence-electron chi connectivity index (χ2n) is 10.8. The standard InChI is InChI=1S/C33H34O14/c1-4-6-7-9-12-22-27(37)44-32(45-28(22)38)17-19-33(20-18-32)46-29(39)23(30(40)47-33)14-11-8-10-13-21-25(35)42-31(3,43-26(21)36)16-15-24(34)41-5-2/h4,6-14,35H,5,15-20H2,1-3H3/b6-4+,9-7+,11-8?,13-10?,22-12?,23-14?. The van der Waals surface area contributed by atoms with Crippen molar-refractivity contribution in [3.8, 4) is 0 Å². The molecule has 1 aliphatic carbocycles. The van der Waals surface area contributed by atoms with E-state index in [4.69, 9.17) is 33.2 Å². The average Bonchev–Trinajstić information content (AvgIpc) is 2.99. The van der Waals surface area contributed by atoms with E-state index in [1.165, 1.54) is 43.4 Å². The van der Waals surface area contributed by atoms with E-state index in [9.17, 15) is 33.9 Å². The Kier molecular flexibility index (Phi) is 10.5. The van der Waals surface area contributed by atoms with Crippen molar-refractivity contribution < 1.29 is 67.0 Å². The van der Waals surface area contributed by atoms with Gasteiger partial charge in [-0.1, -0.05) is 42.5 Å². The minimum absolute atomic E-state index is 0.0463. The molecule has 250 valence electrons. The van der Waals surface area contributed by atoms with E-state index < -0.39 is 64.7 Å². The first-order valence-electron chi connectivity index (χ1n) is 14.8. The van der Waals surface area contributed by atoms with Crippen LogP contribution in [0.15, 0.2) is 83.4 Å². The Hall–Kier alpha value is -5.40. The molecule has 1 saturated carbocycles. The first-order chi connectivity index (χ1) is 22.3. The molecule has 4 rings (SSSR count). The van der Waals surface area contributed by atoms with Crippen molar-refractivity contribution in [3.63, 3.8) is 0 Å². The second-order valence-corrected chi connectivity index (χ2v) is 10.8. The van der Waals surface area contributed by atoms with E-state index in [1.807, 2.05) is 6.92 Å². The molecule has 3 heterocycles. The van der Waals surface area contributed by atoms with Crippen LogP contribution in [0.2, 0.25) is 0 Å². The van der Waals surface area contributed by atoms with Crippen molar-refractivity contribution in [2.24, 2.45) is 0 Å². The highest BCUT2D eigenvalue weighted by Gasteiger charge is 2.56. The third kappa shape index (κ3) is 8.26. The maximum Gasteiger partial charge on any atom is 0.348 e. The minimum atomic E-state index is -1.62. The number of aliphatic hydroxyl groups is 1. The molecular weight excluding hydrogens is 620 g/mol. The number of carbonyl (C=O) groups excluding carboxylic acids is 6. The molecule has 3 fully saturated rings. The quantitative estimate of drug-likeness (QED) is 0.125. The van der Waals surface area contributed by atoms with E-state index in [-0.39, 0.29) is 56.3 Å². The van der Waals surface area contributed by atoms with Crippen LogP contribution in [0, 0.1) is 0 Å². The van der Waals surface area contributed by atoms with Crippen molar-refractivity contribution in [1.82, 2.24) is 0 Å². The second kappa shape index (κ2) is 14.4. The van der Waals surface area contributed by atoms with Crippen LogP contribution in [-0.4, -0.2) is 64.9 Å². The zero-order valence-corrected chi connectivity index (χ0v) is 26.0. The summed E-state index contributed by atoms with van der Waals surface area (Å²) in [7, 11) is 0. The Labute approximate surface area is 269 Å². The van der Waals surface area contributed by atoms with Gasteiger partial charge in [-0.2, -0.15) is 0 Å². The predicted octanol–water partition coefficient (Wildman–Crippen LogP) is 3.65. The number of hydrogen-bond donors (Lipinski definition) is 1. The van der Waals surface area contributed by atoms with Crippen LogP contribution < -0.4 is 0 Å². The molecule has 0 aromatic rings. The molecule has 47 heavy (non-hydrogen) atoms. The zero-order chi connectivity index (χ0) is 34.2. The summed E-state index contributed by atoms with van der Waals surface area (Å²) >= 11 is 0. The molecule has 0 aromatic carbocycles. The lowest BCUT2D eigenvalue weighted by atomic mass is 9.87. The zero-order valence-electron chi connectivity index (χ0n) is 26.0. The molecule has 2 spiro atoms. The van der Waals surface area contributed by atoms with E-state index in [1.54, 1.807) is 25.2 Å². The van der Waals surface area contributed by atoms with Crippen molar-refractivity contribution in [3.05, 3.63) is 83.4 Å². The van der Waals surface area contributed by atoms with Gasteiger partial charge in [0.05, 0.1) is 13.0 Å². The summed E-state index contributed by atoms with van der Waals surface area (Å²) in [5.41, 5.74) is -0.972. The molecule has 14 nitrogen and oxygen atoms in total. The van der Waals surface area contributed by atoms with Gasteiger partial charge in [-0.15, -0.1) is 0 Å². The molecular formula is C33H34O14. The fourth-order valence-corrected chi connectivity index (χ4v) is 4.91. The van der Waals surface area contributed by atoms with E-state index in [0.29, 0.717) is 0 Å². The van der Waals surface area contributed by atoms with Gasteiger partial charge in [0.2, 0.25) is 0 Å². The number of rotatable bonds is 9. The van der Waals surface area contributed by atoms with Crippen LogP contribution in [0.1, 0.15) is 59.3 Å². The highest BCUT2D eigenvalue weighted by atomic mass is 16.8. The number of hydrogen-bond acceptors (Lipinski definition) is 14. The SMILES string of the molecule is C/C=C/C=C/C=C1C(=O)OC2(CCC3(CC2)OC(=O)C(=CC=CC=CC2=C(O)OC(C)(CCC(=O)OCC)OC2=O)C(=O)O3)OC1=O. The van der Waals surface area contributed by atoms with E-state index in [0.717, 1.165) is 6.08 Å². The summed E-state index contributed by atoms with van der Waals surface area (Å²) in [5.74, 6) is -10.5. The summed E-state index contributed by atoms with van der Waals surface area (Å²) in [6.45, 7) is 5.05. The summed E-state index contributed by atoms with van der Waals surface area (Å²) in [6, 6.07) is 0. The molecule has 4 aliphatic rings. The van der Waals surface area contributed by atoms with Gasteiger partial charge >= 0.3 is 35.8 Å². The fraction of sp³-hybridized carbons (Fsp3) is 0.394. The van der Waals surface area contributed by atoms with Gasteiger partial charge < -0.3 is 38.3 Å². The third-order valence-electron chi connectivity index (χ3n) is 7.35. The lowest BCUT2D eigenvalue weighted by Gasteiger charge is -2.45. The number of carbonyl (C=O) groups is 6. The molecule has 3 aliphatic heterocycles. The van der Waals surface area contributed by atoms with Crippen molar-refractivity contribution in [2.75, 3.05) is 6.61 Å². The highest BCUT2D eigenvalue weighted by molar-refractivity contribution is 6.16. The van der Waals surface area contributed by atoms with Gasteiger partial charge in [0, 0.05) is 39.0 Å². The summed E-state index contributed by atoms with van der Waals surface area (Å²) in [5, 5.41) is 10.2. The molecule has 2 saturated heterocycles. The monoisotopic (exact) mass is 654 g/mol. The van der Waals surface area contributed by atoms with Gasteiger partial charge in [0.15, 0.2) is 0 Å². The van der Waals surface area contributed by atoms with Crippen molar-refractivity contribution >= 4 is 35.8 Å². The first-order valence-corrected chi connectivity index (χ1v) is 14.8. The molecule has 1 unspecified atom stereocenters. The van der Waals surface area contributed by atoms with Gasteiger partial charge in [0.1, 0.15) is 16.7 Å². The maximum absolute atomic E-state index is 12.7. The Balaban J connectivity index is 1.32. The van der Waals surface area contributed by atoms with Crippen molar-refractivity contribution in [2.45, 2.75) is 76.7 Å². The number of cyclic esters (lactones) is 1. The van der Waals surface area contributed by atoms with Crippen LogP contribution >= 0.6 is 0 Å². The molecule has 0 bridgehead atoms. The molecule has 1 N–H and O–H groups in total. The summed E-state index contributed by atoms with van der Waals surface area (Å²) < 4.78 is 37.2. The Morgan fingerprint density at radius 3 is 1.66 bits per heavy atom. The average molecular weight is 655 g/mol. The van der Waals surface area contributed by atoms with Gasteiger partial charge in [0.25, 0.3) is 23.3 Å². The fourth-order valence-electron chi connectivity index (χ4n) is 4.91. The highest BCUT2D eigenvalue weighted by Crippen LogP contribution is 2.45. The topological polar surface area (TPSA) is 187 Å². The van der Waals surface area contributed by atoms with E-state index in [2.05, 4.69) is 0 Å². The predicted molar refractivity (Wildman–Crippen MR) is 158 cm³/mol. The Bertz CT molecular complexity index is 1500. The number of ether oxygens (including phenoxy) is 7. The van der Waals surface area contributed by atoms with Crippen LogP contribution in [0.3, 0.4) is 0 Å². The van der Waals surface area contributed by atoms with Crippen LogP contribution in [0.25, 0.3) is 0 Å². The van der Waals surface area contributed by atoms with Crippen molar-refractivity contribution in [1.29, 1.82) is 0 Å². The number of esters is 6. The lowest BCUT2D eigenvalue weighted by molar-refractivity contribution is -0.291. The number of allylic oxidation sites excluding steroid dienone is 9. The smallest absolute Gasteiger partial charge is 0.348 e. The molecule has 14 heteroatoms. The summed E-state index contributed by atoms with van der Waals surface area (Å²) in [4.78, 5) is 74.6. The van der Waals surface area contributed by atoms with Crippen LogP contribution in [-0.2, 0) is 61.9 Å². The first kappa shape index (κ1) is 34.5. The molecule has 1 atom stereocenters. The normalized spacial score (nSPS) is 28.1. The van der Waals surface area contributed by atoms with Crippen LogP contribution in [0.5, 0.6) is 0 Å². The molecule has 0 aromatic heterocycles. The maximum atomic E-state index is 12.7. The largest absolute Gasteiger partial charge is 0.480 e. The van der Waals surface area contributed by atoms with E-state index >= 15 is 0 Å². The number of aliphatic hydroxyl groups excluding tert-OH is 1. The Morgan fingerprint density at radius 1 is 0.723 bits per heavy atom. The molecule has 0 radical (unpaired) electrons. The molecule has 0 amide bonds. The van der Waals surface area contributed by atoms with Gasteiger partial charge in [-0.3, -0.25) is 4.79 Å². The Morgan fingerprint density at radius 2 is 1.21 bits per heavy atom. The van der Waals surface area contributed by atoms with Gasteiger partial charge in [-0.05, 0) is 32.1 Å². The van der Waals surface area contributed by atoms with Gasteiger partial charge in [-0.25, -0.2) is 24.0 Å². The minimum Gasteiger partial charge on any atom is -0.480 e. The summed E-state index contributed by atoms with van der Waals surface area (Å²) in [6.07, 6.45) is 13.7. The lowest BCUT2D eigenvalue weighted by Crippen LogP contribution is -2.56.